The Kier molecular flexibility index (Phi) is 5.40. The van der Waals surface area contributed by atoms with Gasteiger partial charge in [0.05, 0.1) is 0 Å². The Bertz CT molecular complexity index is 465. The molecule has 0 radical (unpaired) electrons. The lowest BCUT2D eigenvalue weighted by atomic mass is 9.75. The average molecular weight is 442 g/mol. The van der Waals surface area contributed by atoms with Crippen molar-refractivity contribution in [1.82, 2.24) is 0 Å². The molecule has 3 aliphatic heterocycles. The molecule has 10 atom stereocenters. The van der Waals surface area contributed by atoms with E-state index in [1.807, 2.05) is 0 Å². The van der Waals surface area contributed by atoms with Gasteiger partial charge in [0, 0.05) is 43.3 Å². The highest BCUT2D eigenvalue weighted by Gasteiger charge is 2.58. The van der Waals surface area contributed by atoms with Crippen molar-refractivity contribution in [3.63, 3.8) is 0 Å². The lowest BCUT2D eigenvalue weighted by Gasteiger charge is -2.55. The third kappa shape index (κ3) is 2.95. The monoisotopic (exact) mass is 441 g/mol. The number of thiol groups is 1. The molecule has 1 nitrogen and oxygen atoms in total. The van der Waals surface area contributed by atoms with Gasteiger partial charge >= 0.3 is 0 Å². The highest BCUT2D eigenvalue weighted by molar-refractivity contribution is 8.80. The summed E-state index contributed by atoms with van der Waals surface area (Å²) in [5.74, 6) is 3.39. The van der Waals surface area contributed by atoms with Gasteiger partial charge in [-0.2, -0.15) is 12.6 Å². The Morgan fingerprint density at radius 1 is 0.826 bits per heavy atom. The summed E-state index contributed by atoms with van der Waals surface area (Å²) in [5, 5.41) is 5.33. The number of rotatable bonds is 2. The second-order valence-corrected chi connectivity index (χ2v) is 15.9. The SMILES string of the molecule is NC(CS)C1CC2SSC3C4CCC5SSC5C(C1)C3C2SS4. The summed E-state index contributed by atoms with van der Waals surface area (Å²) in [7, 11) is 13.4. The molecule has 0 aromatic rings. The molecule has 23 heavy (non-hydrogen) atoms. The van der Waals surface area contributed by atoms with E-state index in [0.29, 0.717) is 12.0 Å². The number of hydrogen-bond acceptors (Lipinski definition) is 8. The molecule has 5 bridgehead atoms. The van der Waals surface area contributed by atoms with Crippen LogP contribution in [0.1, 0.15) is 25.7 Å². The Morgan fingerprint density at radius 3 is 2.13 bits per heavy atom. The van der Waals surface area contributed by atoms with Gasteiger partial charge in [-0.15, -0.1) is 0 Å². The minimum absolute atomic E-state index is 0.290. The molecule has 8 heteroatoms. The van der Waals surface area contributed by atoms with E-state index in [2.05, 4.69) is 77.4 Å². The van der Waals surface area contributed by atoms with Crippen LogP contribution in [0.25, 0.3) is 0 Å². The van der Waals surface area contributed by atoms with Crippen LogP contribution >= 0.6 is 77.4 Å². The molecule has 0 aromatic carbocycles. The van der Waals surface area contributed by atoms with Crippen LogP contribution in [-0.4, -0.2) is 43.3 Å². The van der Waals surface area contributed by atoms with Gasteiger partial charge in [0.1, 0.15) is 0 Å². The first-order chi connectivity index (χ1) is 11.3. The maximum Gasteiger partial charge on any atom is 0.0321 e. The van der Waals surface area contributed by atoms with Gasteiger partial charge in [-0.3, -0.25) is 0 Å². The summed E-state index contributed by atoms with van der Waals surface area (Å²) in [6, 6.07) is 0.290. The van der Waals surface area contributed by atoms with Crippen molar-refractivity contribution in [3.05, 3.63) is 0 Å². The van der Waals surface area contributed by atoms with Gasteiger partial charge in [-0.25, -0.2) is 0 Å². The summed E-state index contributed by atoms with van der Waals surface area (Å²) in [6.45, 7) is 0. The van der Waals surface area contributed by atoms with Crippen molar-refractivity contribution in [1.29, 1.82) is 0 Å². The van der Waals surface area contributed by atoms with Gasteiger partial charge in [0.2, 0.25) is 0 Å². The molecule has 0 aromatic heterocycles. The predicted octanol–water partition coefficient (Wildman–Crippen LogP) is 5.08. The Balaban J connectivity index is 1.52. The number of nitrogens with two attached hydrogens (primary N) is 1. The van der Waals surface area contributed by atoms with Gasteiger partial charge in [-0.05, 0) is 43.4 Å². The molecule has 5 rings (SSSR count). The van der Waals surface area contributed by atoms with Gasteiger partial charge in [0.15, 0.2) is 0 Å². The molecule has 0 amide bonds. The van der Waals surface area contributed by atoms with Crippen LogP contribution in [0.15, 0.2) is 0 Å². The quantitative estimate of drug-likeness (QED) is 0.456. The van der Waals surface area contributed by atoms with E-state index in [0.717, 1.165) is 49.1 Å². The molecular weight excluding hydrogens is 419 g/mol. The summed E-state index contributed by atoms with van der Waals surface area (Å²) < 4.78 is 0. The van der Waals surface area contributed by atoms with Crippen LogP contribution in [0.2, 0.25) is 0 Å². The first-order valence-corrected chi connectivity index (χ1v) is 16.0. The molecule has 3 saturated heterocycles. The maximum atomic E-state index is 6.52. The summed E-state index contributed by atoms with van der Waals surface area (Å²) >= 11 is 4.54. The topological polar surface area (TPSA) is 26.0 Å². The van der Waals surface area contributed by atoms with E-state index in [1.54, 1.807) is 0 Å². The minimum atomic E-state index is 0.290. The normalized spacial score (nSPS) is 55.8. The zero-order valence-corrected chi connectivity index (χ0v) is 18.6. The van der Waals surface area contributed by atoms with Crippen molar-refractivity contribution in [3.8, 4) is 0 Å². The molecule has 5 aliphatic rings. The second kappa shape index (κ2) is 7.10. The smallest absolute Gasteiger partial charge is 0.0321 e. The average Bonchev–Trinajstić information content (AvgIpc) is 2.62. The summed E-state index contributed by atoms with van der Waals surface area (Å²) in [6.07, 6.45) is 5.61. The van der Waals surface area contributed by atoms with Crippen LogP contribution in [0.4, 0.5) is 0 Å². The van der Waals surface area contributed by atoms with Crippen LogP contribution in [0, 0.1) is 17.8 Å². The summed E-state index contributed by atoms with van der Waals surface area (Å²) in [5.41, 5.74) is 6.52. The fourth-order valence-electron chi connectivity index (χ4n) is 5.03. The highest BCUT2D eigenvalue weighted by Crippen LogP contribution is 2.69. The number of fused-ring (bicyclic) bond motifs is 2. The standard InChI is InChI=1S/C15H23NS7/c16-8(5-17)6-3-7-12-14-10(2-1-9-13(7)21-18-9)19-23-15(12)11(4-6)20-22-14/h6-15,17H,1-5,16H2. The molecule has 10 unspecified atom stereocenters. The third-order valence-electron chi connectivity index (χ3n) is 6.31. The fraction of sp³-hybridized carbons (Fsp3) is 1.00. The molecule has 2 saturated carbocycles. The first kappa shape index (κ1) is 17.5. The Hall–Kier alpha value is 2.41. The van der Waals surface area contributed by atoms with Crippen molar-refractivity contribution >= 4 is 77.4 Å². The van der Waals surface area contributed by atoms with Crippen molar-refractivity contribution in [2.75, 3.05) is 5.75 Å². The zero-order valence-electron chi connectivity index (χ0n) is 12.8. The van der Waals surface area contributed by atoms with E-state index in [1.165, 1.54) is 25.7 Å². The van der Waals surface area contributed by atoms with Crippen LogP contribution in [0.3, 0.4) is 0 Å². The minimum Gasteiger partial charge on any atom is -0.327 e. The van der Waals surface area contributed by atoms with E-state index in [4.69, 9.17) is 5.73 Å². The third-order valence-corrected chi connectivity index (χ3v) is 17.7. The number of hydrogen-bond donors (Lipinski definition) is 2. The van der Waals surface area contributed by atoms with Gasteiger partial charge in [0.25, 0.3) is 0 Å². The molecular formula is C15H23NS7. The van der Waals surface area contributed by atoms with Gasteiger partial charge in [-0.1, -0.05) is 64.8 Å². The molecule has 2 N–H and O–H groups in total. The maximum absolute atomic E-state index is 6.52. The molecule has 5 fully saturated rings. The van der Waals surface area contributed by atoms with E-state index >= 15 is 0 Å². The fourth-order valence-corrected chi connectivity index (χ4v) is 17.9. The van der Waals surface area contributed by atoms with Crippen LogP contribution < -0.4 is 5.73 Å². The van der Waals surface area contributed by atoms with E-state index in [9.17, 15) is 0 Å². The molecule has 130 valence electrons. The molecule has 2 aliphatic carbocycles. The summed E-state index contributed by atoms with van der Waals surface area (Å²) in [4.78, 5) is 0. The highest BCUT2D eigenvalue weighted by atomic mass is 33.1. The van der Waals surface area contributed by atoms with Crippen molar-refractivity contribution < 1.29 is 0 Å². The van der Waals surface area contributed by atoms with E-state index < -0.39 is 0 Å². The first-order valence-electron chi connectivity index (χ1n) is 8.59. The zero-order chi connectivity index (χ0) is 15.6. The molecule has 0 spiro atoms. The van der Waals surface area contributed by atoms with Crippen LogP contribution in [-0.2, 0) is 0 Å². The van der Waals surface area contributed by atoms with E-state index in [-0.39, 0.29) is 0 Å². The molecule has 3 heterocycles. The second-order valence-electron chi connectivity index (χ2n) is 7.48. The van der Waals surface area contributed by atoms with Crippen molar-refractivity contribution in [2.24, 2.45) is 23.5 Å². The Labute approximate surface area is 168 Å². The van der Waals surface area contributed by atoms with Crippen LogP contribution in [0.5, 0.6) is 0 Å². The lowest BCUT2D eigenvalue weighted by Crippen LogP contribution is -2.54. The largest absolute Gasteiger partial charge is 0.327 e. The van der Waals surface area contributed by atoms with Gasteiger partial charge < -0.3 is 5.73 Å². The predicted molar refractivity (Wildman–Crippen MR) is 119 cm³/mol. The Morgan fingerprint density at radius 2 is 1.43 bits per heavy atom. The van der Waals surface area contributed by atoms with Crippen molar-refractivity contribution in [2.45, 2.75) is 63.2 Å². The lowest BCUT2D eigenvalue weighted by molar-refractivity contribution is 0.245.